The fraction of sp³-hybridized carbons (Fsp3) is 0.833. The fourth-order valence-electron chi connectivity index (χ4n) is 2.03. The Morgan fingerprint density at radius 1 is 1.35 bits per heavy atom. The van der Waals surface area contributed by atoms with E-state index in [1.807, 2.05) is 13.8 Å². The van der Waals surface area contributed by atoms with E-state index in [9.17, 15) is 9.59 Å². The lowest BCUT2D eigenvalue weighted by molar-refractivity contribution is -0.139. The van der Waals surface area contributed by atoms with Gasteiger partial charge in [-0.15, -0.1) is 0 Å². The lowest BCUT2D eigenvalue weighted by atomic mass is 10.0. The average Bonchev–Trinajstić information content (AvgIpc) is 2.68. The minimum atomic E-state index is -0.945. The molecule has 1 rings (SSSR count). The molecule has 0 radical (unpaired) electrons. The molecule has 1 aliphatic carbocycles. The van der Waals surface area contributed by atoms with Crippen LogP contribution in [0.4, 0.5) is 4.79 Å². The van der Waals surface area contributed by atoms with Crippen molar-refractivity contribution in [3.05, 3.63) is 0 Å². The van der Waals surface area contributed by atoms with Crippen LogP contribution in [0.1, 0.15) is 46.0 Å². The predicted molar refractivity (Wildman–Crippen MR) is 69.3 cm³/mol. The van der Waals surface area contributed by atoms with Crippen LogP contribution in [0.15, 0.2) is 0 Å². The molecule has 0 unspecified atom stereocenters. The zero-order chi connectivity index (χ0) is 12.8. The van der Waals surface area contributed by atoms with Crippen molar-refractivity contribution in [2.75, 3.05) is 0 Å². The van der Waals surface area contributed by atoms with Crippen LogP contribution < -0.4 is 5.32 Å². The van der Waals surface area contributed by atoms with Crippen molar-refractivity contribution in [3.63, 3.8) is 0 Å². The molecule has 0 aromatic carbocycles. The monoisotopic (exact) mass is 259 g/mol. The standard InChI is InChI=1S/C12H21NO3S/c1-8(2)7-10(11(14)15)13-12(16)17-9-5-3-4-6-9/h8-10H,3-7H2,1-2H3,(H,13,16)(H,14,15)/t10-/m0/s1. The van der Waals surface area contributed by atoms with Crippen LogP contribution >= 0.6 is 11.8 Å². The van der Waals surface area contributed by atoms with Gasteiger partial charge in [-0.05, 0) is 25.2 Å². The van der Waals surface area contributed by atoms with Gasteiger partial charge in [-0.3, -0.25) is 4.79 Å². The summed E-state index contributed by atoms with van der Waals surface area (Å²) in [6, 6.07) is -0.753. The van der Waals surface area contributed by atoms with Crippen LogP contribution in [0.2, 0.25) is 0 Å². The van der Waals surface area contributed by atoms with Crippen LogP contribution in [0.3, 0.4) is 0 Å². The van der Waals surface area contributed by atoms with Crippen LogP contribution in [0.5, 0.6) is 0 Å². The first kappa shape index (κ1) is 14.4. The summed E-state index contributed by atoms with van der Waals surface area (Å²) in [6.07, 6.45) is 4.98. The number of rotatable bonds is 5. The summed E-state index contributed by atoms with van der Waals surface area (Å²) in [5.74, 6) is -0.688. The summed E-state index contributed by atoms with van der Waals surface area (Å²) in [5.41, 5.74) is 0. The summed E-state index contributed by atoms with van der Waals surface area (Å²) in [4.78, 5) is 22.7. The smallest absolute Gasteiger partial charge is 0.326 e. The topological polar surface area (TPSA) is 66.4 Å². The first-order valence-electron chi connectivity index (χ1n) is 6.19. The lowest BCUT2D eigenvalue weighted by Crippen LogP contribution is -2.40. The zero-order valence-electron chi connectivity index (χ0n) is 10.4. The quantitative estimate of drug-likeness (QED) is 0.796. The molecule has 5 heteroatoms. The van der Waals surface area contributed by atoms with E-state index in [4.69, 9.17) is 5.11 Å². The van der Waals surface area contributed by atoms with Gasteiger partial charge in [-0.25, -0.2) is 4.79 Å². The molecule has 0 aromatic heterocycles. The van der Waals surface area contributed by atoms with E-state index in [1.54, 1.807) is 0 Å². The number of carbonyl (C=O) groups is 2. The second kappa shape index (κ2) is 6.89. The van der Waals surface area contributed by atoms with Crippen molar-refractivity contribution >= 4 is 23.0 Å². The summed E-state index contributed by atoms with van der Waals surface area (Å²) in [6.45, 7) is 3.90. The highest BCUT2D eigenvalue weighted by Gasteiger charge is 2.24. The number of nitrogens with one attached hydrogen (secondary N) is 1. The minimum Gasteiger partial charge on any atom is -0.480 e. The Morgan fingerprint density at radius 2 is 1.94 bits per heavy atom. The maximum Gasteiger partial charge on any atom is 0.326 e. The molecule has 1 aliphatic rings. The Labute approximate surface area is 107 Å². The number of hydrogen-bond donors (Lipinski definition) is 2. The molecule has 17 heavy (non-hydrogen) atoms. The van der Waals surface area contributed by atoms with E-state index < -0.39 is 12.0 Å². The molecule has 98 valence electrons. The molecule has 0 spiro atoms. The average molecular weight is 259 g/mol. The van der Waals surface area contributed by atoms with Gasteiger partial charge < -0.3 is 10.4 Å². The first-order chi connectivity index (χ1) is 7.99. The third-order valence-electron chi connectivity index (χ3n) is 2.87. The van der Waals surface area contributed by atoms with Crippen molar-refractivity contribution in [2.24, 2.45) is 5.92 Å². The number of hydrogen-bond acceptors (Lipinski definition) is 3. The van der Waals surface area contributed by atoms with Crippen LogP contribution in [-0.4, -0.2) is 27.6 Å². The fourth-order valence-corrected chi connectivity index (χ4v) is 3.11. The van der Waals surface area contributed by atoms with E-state index in [2.05, 4.69) is 5.32 Å². The highest BCUT2D eigenvalue weighted by Crippen LogP contribution is 2.29. The maximum atomic E-state index is 11.7. The third-order valence-corrected chi connectivity index (χ3v) is 4.01. The molecule has 4 nitrogen and oxygen atoms in total. The number of carboxylic acids is 1. The molecular formula is C12H21NO3S. The van der Waals surface area contributed by atoms with Crippen LogP contribution in [-0.2, 0) is 4.79 Å². The van der Waals surface area contributed by atoms with Crippen LogP contribution in [0.25, 0.3) is 0 Å². The molecule has 1 amide bonds. The maximum absolute atomic E-state index is 11.7. The summed E-state index contributed by atoms with van der Waals surface area (Å²) < 4.78 is 0. The van der Waals surface area contributed by atoms with Crippen LogP contribution in [0, 0.1) is 5.92 Å². The van der Waals surface area contributed by atoms with Gasteiger partial charge in [0, 0.05) is 5.25 Å². The predicted octanol–water partition coefficient (Wildman–Crippen LogP) is 2.87. The number of aliphatic carboxylic acids is 1. The molecule has 0 saturated heterocycles. The molecule has 0 aliphatic heterocycles. The summed E-state index contributed by atoms with van der Waals surface area (Å²) in [7, 11) is 0. The highest BCUT2D eigenvalue weighted by atomic mass is 32.2. The number of carbonyl (C=O) groups excluding carboxylic acids is 1. The van der Waals surface area contributed by atoms with Crippen molar-refractivity contribution in [1.82, 2.24) is 5.32 Å². The molecular weight excluding hydrogens is 238 g/mol. The van der Waals surface area contributed by atoms with Crippen molar-refractivity contribution in [1.29, 1.82) is 0 Å². The van der Waals surface area contributed by atoms with Gasteiger partial charge in [0.25, 0.3) is 5.24 Å². The largest absolute Gasteiger partial charge is 0.480 e. The van der Waals surface area contributed by atoms with Gasteiger partial charge in [0.1, 0.15) is 6.04 Å². The second-order valence-corrected chi connectivity index (χ2v) is 6.25. The Morgan fingerprint density at radius 3 is 2.41 bits per heavy atom. The molecule has 1 fully saturated rings. The number of amides is 1. The van der Waals surface area contributed by atoms with Gasteiger partial charge in [0.05, 0.1) is 0 Å². The minimum absolute atomic E-state index is 0.190. The van der Waals surface area contributed by atoms with Gasteiger partial charge >= 0.3 is 5.97 Å². The Hall–Kier alpha value is -0.710. The molecule has 0 aromatic rings. The van der Waals surface area contributed by atoms with Gasteiger partial charge in [-0.2, -0.15) is 0 Å². The Balaban J connectivity index is 2.37. The van der Waals surface area contributed by atoms with Crippen molar-refractivity contribution < 1.29 is 14.7 Å². The first-order valence-corrected chi connectivity index (χ1v) is 7.07. The van der Waals surface area contributed by atoms with E-state index in [0.29, 0.717) is 11.7 Å². The number of thioether (sulfide) groups is 1. The molecule has 1 saturated carbocycles. The normalized spacial score (nSPS) is 18.3. The summed E-state index contributed by atoms with van der Waals surface area (Å²) >= 11 is 1.27. The zero-order valence-corrected chi connectivity index (χ0v) is 11.3. The summed E-state index contributed by atoms with van der Waals surface area (Å²) in [5, 5.41) is 11.8. The van der Waals surface area contributed by atoms with E-state index >= 15 is 0 Å². The lowest BCUT2D eigenvalue weighted by Gasteiger charge is -2.17. The third kappa shape index (κ3) is 5.44. The molecule has 2 N–H and O–H groups in total. The number of carboxylic acid groups (broad SMARTS) is 1. The van der Waals surface area contributed by atoms with E-state index in [-0.39, 0.29) is 11.2 Å². The van der Waals surface area contributed by atoms with E-state index in [0.717, 1.165) is 12.8 Å². The SMILES string of the molecule is CC(C)C[C@H](NC(=O)SC1CCCC1)C(=O)O. The van der Waals surface area contributed by atoms with Gasteiger partial charge in [-0.1, -0.05) is 38.5 Å². The molecule has 0 heterocycles. The van der Waals surface area contributed by atoms with Gasteiger partial charge in [0.15, 0.2) is 0 Å². The van der Waals surface area contributed by atoms with Crippen molar-refractivity contribution in [2.45, 2.75) is 57.2 Å². The Bertz CT molecular complexity index is 275. The molecule has 1 atom stereocenters. The highest BCUT2D eigenvalue weighted by molar-refractivity contribution is 8.14. The van der Waals surface area contributed by atoms with E-state index in [1.165, 1.54) is 24.6 Å². The van der Waals surface area contributed by atoms with Crippen molar-refractivity contribution in [3.8, 4) is 0 Å². The van der Waals surface area contributed by atoms with Gasteiger partial charge in [0.2, 0.25) is 0 Å². The Kier molecular flexibility index (Phi) is 5.82. The molecule has 0 bridgehead atoms. The second-order valence-electron chi connectivity index (χ2n) is 4.98.